The van der Waals surface area contributed by atoms with Crippen molar-refractivity contribution in [2.75, 3.05) is 0 Å². The Morgan fingerprint density at radius 3 is 1.60 bits per heavy atom. The molecule has 20 heavy (non-hydrogen) atoms. The first kappa shape index (κ1) is 18.9. The van der Waals surface area contributed by atoms with Gasteiger partial charge in [-0.15, -0.1) is 0 Å². The Bertz CT molecular complexity index is 297. The molecule has 0 aromatic heterocycles. The van der Waals surface area contributed by atoms with Crippen molar-refractivity contribution in [1.82, 2.24) is 0 Å². The van der Waals surface area contributed by atoms with Gasteiger partial charge in [-0.2, -0.15) is 0 Å². The van der Waals surface area contributed by atoms with Crippen LogP contribution in [-0.2, 0) is 4.79 Å². The Hall–Kier alpha value is -1.11. The lowest BCUT2D eigenvalue weighted by atomic mass is 10.1. The van der Waals surface area contributed by atoms with E-state index in [4.69, 9.17) is 0 Å². The maximum atomic E-state index is 10.7. The maximum Gasteiger partial charge on any atom is 0.130 e. The Morgan fingerprint density at radius 2 is 1.15 bits per heavy atom. The first-order valence-electron chi connectivity index (χ1n) is 8.21. The molecule has 0 rings (SSSR count). The third kappa shape index (κ3) is 16.9. The fourth-order valence-electron chi connectivity index (χ4n) is 1.89. The number of carbonyl (C=O) groups is 1. The quantitative estimate of drug-likeness (QED) is 0.290. The van der Waals surface area contributed by atoms with Crippen LogP contribution >= 0.6 is 0 Å². The number of allylic oxidation sites excluding steroid dienone is 6. The highest BCUT2D eigenvalue weighted by atomic mass is 16.1. The van der Waals surface area contributed by atoms with Crippen LogP contribution in [0.5, 0.6) is 0 Å². The smallest absolute Gasteiger partial charge is 0.130 e. The van der Waals surface area contributed by atoms with Gasteiger partial charge in [0.2, 0.25) is 0 Å². The van der Waals surface area contributed by atoms with Crippen LogP contribution < -0.4 is 0 Å². The lowest BCUT2D eigenvalue weighted by Crippen LogP contribution is -1.86. The van der Waals surface area contributed by atoms with Crippen molar-refractivity contribution >= 4 is 5.78 Å². The fourth-order valence-corrected chi connectivity index (χ4v) is 1.89. The number of rotatable bonds is 13. The van der Waals surface area contributed by atoms with Crippen LogP contribution in [0, 0.1) is 0 Å². The number of unbranched alkanes of at least 4 members (excludes halogenated alkanes) is 5. The second-order valence-electron chi connectivity index (χ2n) is 5.31. The average Bonchev–Trinajstić information content (AvgIpc) is 2.43. The van der Waals surface area contributed by atoms with Gasteiger partial charge >= 0.3 is 0 Å². The Balaban J connectivity index is 3.29. The standard InChI is InChI=1S/C19H32O/c1-3-4-5-6-7-8-9-10-11-12-13-14-15-16-17-18-19(2)20/h7-8,11-12,15-16H,3-6,9-10,13-14,17-18H2,1-2H3. The summed E-state index contributed by atoms with van der Waals surface area (Å²) in [6.07, 6.45) is 24.8. The summed E-state index contributed by atoms with van der Waals surface area (Å²) in [6, 6.07) is 0. The van der Waals surface area contributed by atoms with Crippen LogP contribution in [0.25, 0.3) is 0 Å². The molecule has 0 saturated heterocycles. The van der Waals surface area contributed by atoms with Gasteiger partial charge in [-0.3, -0.25) is 0 Å². The average molecular weight is 276 g/mol. The van der Waals surface area contributed by atoms with E-state index < -0.39 is 0 Å². The van der Waals surface area contributed by atoms with Crippen LogP contribution in [0.15, 0.2) is 36.5 Å². The summed E-state index contributed by atoms with van der Waals surface area (Å²) < 4.78 is 0. The van der Waals surface area contributed by atoms with E-state index in [1.807, 2.05) is 0 Å². The molecule has 0 saturated carbocycles. The first-order valence-corrected chi connectivity index (χ1v) is 8.21. The molecule has 114 valence electrons. The summed E-state index contributed by atoms with van der Waals surface area (Å²) in [6.45, 7) is 3.89. The van der Waals surface area contributed by atoms with Crippen LogP contribution in [0.4, 0.5) is 0 Å². The van der Waals surface area contributed by atoms with E-state index in [-0.39, 0.29) is 5.78 Å². The molecular formula is C19H32O. The predicted octanol–water partition coefficient (Wildman–Crippen LogP) is 6.16. The Morgan fingerprint density at radius 1 is 0.700 bits per heavy atom. The van der Waals surface area contributed by atoms with Crippen molar-refractivity contribution < 1.29 is 4.79 Å². The largest absolute Gasteiger partial charge is 0.300 e. The van der Waals surface area contributed by atoms with Gasteiger partial charge in [0.1, 0.15) is 5.78 Å². The number of hydrogen-bond acceptors (Lipinski definition) is 1. The molecule has 0 heterocycles. The van der Waals surface area contributed by atoms with E-state index in [9.17, 15) is 4.79 Å². The molecular weight excluding hydrogens is 244 g/mol. The Labute approximate surface area is 125 Å². The molecule has 0 N–H and O–H groups in total. The molecule has 0 atom stereocenters. The number of ketones is 1. The summed E-state index contributed by atoms with van der Waals surface area (Å²) in [5, 5.41) is 0. The summed E-state index contributed by atoms with van der Waals surface area (Å²) in [5.41, 5.74) is 0. The minimum absolute atomic E-state index is 0.275. The second-order valence-corrected chi connectivity index (χ2v) is 5.31. The lowest BCUT2D eigenvalue weighted by Gasteiger charge is -1.92. The molecule has 1 heteroatoms. The van der Waals surface area contributed by atoms with Crippen LogP contribution in [0.1, 0.15) is 78.1 Å². The summed E-state index contributed by atoms with van der Waals surface area (Å²) in [4.78, 5) is 10.7. The van der Waals surface area contributed by atoms with Crippen molar-refractivity contribution in [3.05, 3.63) is 36.5 Å². The number of carbonyl (C=O) groups excluding carboxylic acids is 1. The highest BCUT2D eigenvalue weighted by molar-refractivity contribution is 5.75. The van der Waals surface area contributed by atoms with E-state index in [1.54, 1.807) is 6.92 Å². The van der Waals surface area contributed by atoms with E-state index >= 15 is 0 Å². The molecule has 0 aliphatic carbocycles. The van der Waals surface area contributed by atoms with Crippen molar-refractivity contribution in [3.8, 4) is 0 Å². The summed E-state index contributed by atoms with van der Waals surface area (Å²) in [7, 11) is 0. The van der Waals surface area contributed by atoms with Gasteiger partial charge in [0.15, 0.2) is 0 Å². The molecule has 0 aliphatic rings. The minimum atomic E-state index is 0.275. The van der Waals surface area contributed by atoms with Gasteiger partial charge < -0.3 is 4.79 Å². The molecule has 0 aromatic carbocycles. The topological polar surface area (TPSA) is 17.1 Å². The zero-order chi connectivity index (χ0) is 14.9. The van der Waals surface area contributed by atoms with Crippen LogP contribution in [0.3, 0.4) is 0 Å². The molecule has 0 radical (unpaired) electrons. The normalized spacial score (nSPS) is 12.1. The maximum absolute atomic E-state index is 10.7. The van der Waals surface area contributed by atoms with Crippen molar-refractivity contribution in [2.45, 2.75) is 78.1 Å². The van der Waals surface area contributed by atoms with Gasteiger partial charge in [-0.1, -0.05) is 56.2 Å². The van der Waals surface area contributed by atoms with Gasteiger partial charge in [0.05, 0.1) is 0 Å². The van der Waals surface area contributed by atoms with E-state index in [1.165, 1.54) is 25.7 Å². The second kappa shape index (κ2) is 15.9. The monoisotopic (exact) mass is 276 g/mol. The van der Waals surface area contributed by atoms with Crippen molar-refractivity contribution in [1.29, 1.82) is 0 Å². The lowest BCUT2D eigenvalue weighted by molar-refractivity contribution is -0.116. The fraction of sp³-hybridized carbons (Fsp3) is 0.632. The molecule has 0 fully saturated rings. The molecule has 0 amide bonds. The highest BCUT2D eigenvalue weighted by Gasteiger charge is 1.87. The van der Waals surface area contributed by atoms with E-state index in [0.29, 0.717) is 6.42 Å². The highest BCUT2D eigenvalue weighted by Crippen LogP contribution is 2.02. The van der Waals surface area contributed by atoms with E-state index in [0.717, 1.165) is 32.1 Å². The molecule has 0 spiro atoms. The molecule has 0 bridgehead atoms. The molecule has 0 unspecified atom stereocenters. The van der Waals surface area contributed by atoms with Crippen molar-refractivity contribution in [3.63, 3.8) is 0 Å². The summed E-state index contributed by atoms with van der Waals surface area (Å²) in [5.74, 6) is 0.275. The zero-order valence-electron chi connectivity index (χ0n) is 13.4. The molecule has 1 nitrogen and oxygen atoms in total. The van der Waals surface area contributed by atoms with E-state index in [2.05, 4.69) is 43.4 Å². The minimum Gasteiger partial charge on any atom is -0.300 e. The third-order valence-electron chi connectivity index (χ3n) is 3.14. The number of hydrogen-bond donors (Lipinski definition) is 0. The first-order chi connectivity index (χ1) is 9.77. The van der Waals surface area contributed by atoms with Gasteiger partial charge in [0, 0.05) is 6.42 Å². The Kier molecular flexibility index (Phi) is 15.1. The van der Waals surface area contributed by atoms with Gasteiger partial charge in [-0.05, 0) is 51.9 Å². The third-order valence-corrected chi connectivity index (χ3v) is 3.14. The van der Waals surface area contributed by atoms with Crippen LogP contribution in [0.2, 0.25) is 0 Å². The zero-order valence-corrected chi connectivity index (χ0v) is 13.4. The summed E-state index contributed by atoms with van der Waals surface area (Å²) >= 11 is 0. The van der Waals surface area contributed by atoms with Crippen LogP contribution in [-0.4, -0.2) is 5.78 Å². The number of Topliss-reactive ketones (excluding diaryl/α,β-unsaturated/α-hetero) is 1. The van der Waals surface area contributed by atoms with Gasteiger partial charge in [-0.25, -0.2) is 0 Å². The van der Waals surface area contributed by atoms with Crippen molar-refractivity contribution in [2.24, 2.45) is 0 Å². The molecule has 0 aliphatic heterocycles. The predicted molar refractivity (Wildman–Crippen MR) is 89.9 cm³/mol. The molecule has 0 aromatic rings. The SMILES string of the molecule is CCCCCC=CCCC=CCCC=CCCC(C)=O. The van der Waals surface area contributed by atoms with Gasteiger partial charge in [0.25, 0.3) is 0 Å².